The largest absolute Gasteiger partial charge is 0.497 e. The van der Waals surface area contributed by atoms with Gasteiger partial charge in [-0.05, 0) is 49.9 Å². The molecule has 0 bridgehead atoms. The molecule has 1 aliphatic rings. The summed E-state index contributed by atoms with van der Waals surface area (Å²) in [5.74, 6) is 3.24. The Hall–Kier alpha value is -2.34. The molecule has 1 saturated heterocycles. The number of nitrogens with one attached hydrogen (secondary N) is 1. The lowest BCUT2D eigenvalue weighted by molar-refractivity contribution is 0.272. The van der Waals surface area contributed by atoms with Gasteiger partial charge in [-0.1, -0.05) is 6.92 Å². The van der Waals surface area contributed by atoms with Crippen molar-refractivity contribution in [3.63, 3.8) is 0 Å². The van der Waals surface area contributed by atoms with Gasteiger partial charge in [0.25, 0.3) is 0 Å². The smallest absolute Gasteiger partial charge is 0.225 e. The van der Waals surface area contributed by atoms with Gasteiger partial charge in [0.2, 0.25) is 5.95 Å². The molecule has 2 atom stereocenters. The number of aromatic nitrogens is 2. The lowest BCUT2D eigenvalue weighted by Gasteiger charge is -2.30. The van der Waals surface area contributed by atoms with Crippen molar-refractivity contribution in [2.45, 2.75) is 39.3 Å². The van der Waals surface area contributed by atoms with Gasteiger partial charge < -0.3 is 19.7 Å². The average molecular weight is 370 g/mol. The zero-order chi connectivity index (χ0) is 19.1. The Balaban J connectivity index is 1.42. The zero-order valence-corrected chi connectivity index (χ0v) is 16.5. The molecule has 3 rings (SSSR count). The molecule has 2 heterocycles. The van der Waals surface area contributed by atoms with Crippen molar-refractivity contribution in [3.8, 4) is 11.5 Å². The summed E-state index contributed by atoms with van der Waals surface area (Å²) in [6.45, 7) is 7.83. The summed E-state index contributed by atoms with van der Waals surface area (Å²) >= 11 is 0. The number of piperidine rings is 1. The van der Waals surface area contributed by atoms with Gasteiger partial charge in [-0.3, -0.25) is 0 Å². The van der Waals surface area contributed by atoms with Gasteiger partial charge in [0.15, 0.2) is 0 Å². The molecule has 1 aliphatic heterocycles. The minimum Gasteiger partial charge on any atom is -0.497 e. The summed E-state index contributed by atoms with van der Waals surface area (Å²) in [6, 6.07) is 7.85. The number of hydrogen-bond acceptors (Lipinski definition) is 6. The summed E-state index contributed by atoms with van der Waals surface area (Å²) in [4.78, 5) is 11.4. The van der Waals surface area contributed by atoms with Crippen molar-refractivity contribution < 1.29 is 9.47 Å². The fraction of sp³-hybridized carbons (Fsp3) is 0.524. The van der Waals surface area contributed by atoms with Crippen LogP contribution >= 0.6 is 0 Å². The second-order valence-electron chi connectivity index (χ2n) is 7.35. The summed E-state index contributed by atoms with van der Waals surface area (Å²) in [6.07, 6.45) is 6.37. The topological polar surface area (TPSA) is 59.5 Å². The molecule has 1 fully saturated rings. The van der Waals surface area contributed by atoms with Gasteiger partial charge in [-0.2, -0.15) is 0 Å². The Bertz CT molecular complexity index is 690. The van der Waals surface area contributed by atoms with E-state index in [2.05, 4.69) is 34.0 Å². The first kappa shape index (κ1) is 19.4. The van der Waals surface area contributed by atoms with Crippen molar-refractivity contribution in [1.82, 2.24) is 15.3 Å². The lowest BCUT2D eigenvalue weighted by atomic mass is 10.0. The van der Waals surface area contributed by atoms with E-state index >= 15 is 0 Å². The normalized spacial score (nSPS) is 18.2. The number of methoxy groups -OCH3 is 1. The Labute approximate surface area is 161 Å². The third-order valence-corrected chi connectivity index (χ3v) is 4.85. The highest BCUT2D eigenvalue weighted by Gasteiger charge is 2.18. The van der Waals surface area contributed by atoms with Crippen LogP contribution in [0.2, 0.25) is 0 Å². The molecule has 2 aromatic rings. The quantitative estimate of drug-likeness (QED) is 0.770. The maximum Gasteiger partial charge on any atom is 0.225 e. The molecule has 0 aliphatic carbocycles. The summed E-state index contributed by atoms with van der Waals surface area (Å²) < 4.78 is 11.0. The fourth-order valence-electron chi connectivity index (χ4n) is 3.22. The number of hydrogen-bond donors (Lipinski definition) is 1. The van der Waals surface area contributed by atoms with E-state index in [0.29, 0.717) is 6.61 Å². The van der Waals surface area contributed by atoms with Crippen molar-refractivity contribution >= 4 is 5.95 Å². The standard InChI is InChI=1S/C21H30N4O2/c1-16-5-4-10-25(14-16)21-23-12-18(13-24-21)11-22-17(2)15-27-20-8-6-19(26-3)7-9-20/h6-9,12-13,16-17,22H,4-5,10-11,14-15H2,1-3H3/t16-,17-/m0/s1. The van der Waals surface area contributed by atoms with Crippen LogP contribution in [0.5, 0.6) is 11.5 Å². The number of nitrogens with zero attached hydrogens (tertiary/aromatic N) is 3. The maximum atomic E-state index is 5.81. The number of benzene rings is 1. The predicted molar refractivity (Wildman–Crippen MR) is 107 cm³/mol. The Morgan fingerprint density at radius 1 is 1.19 bits per heavy atom. The van der Waals surface area contributed by atoms with E-state index in [-0.39, 0.29) is 6.04 Å². The first-order valence-electron chi connectivity index (χ1n) is 9.70. The lowest BCUT2D eigenvalue weighted by Crippen LogP contribution is -2.35. The van der Waals surface area contributed by atoms with Crippen LogP contribution in [-0.2, 0) is 6.54 Å². The summed E-state index contributed by atoms with van der Waals surface area (Å²) in [5, 5.41) is 3.45. The van der Waals surface area contributed by atoms with Crippen LogP contribution < -0.4 is 19.7 Å². The predicted octanol–water partition coefficient (Wildman–Crippen LogP) is 3.28. The Kier molecular flexibility index (Phi) is 6.87. The van der Waals surface area contributed by atoms with Crippen molar-refractivity contribution in [2.75, 3.05) is 31.7 Å². The van der Waals surface area contributed by atoms with E-state index in [4.69, 9.17) is 9.47 Å². The Morgan fingerprint density at radius 3 is 2.56 bits per heavy atom. The molecular weight excluding hydrogens is 340 g/mol. The molecule has 0 amide bonds. The van der Waals surface area contributed by atoms with E-state index in [0.717, 1.165) is 48.6 Å². The molecule has 6 nitrogen and oxygen atoms in total. The molecule has 1 N–H and O–H groups in total. The van der Waals surface area contributed by atoms with Crippen molar-refractivity contribution in [1.29, 1.82) is 0 Å². The van der Waals surface area contributed by atoms with E-state index in [1.165, 1.54) is 12.8 Å². The van der Waals surface area contributed by atoms with Crippen LogP contribution in [0.4, 0.5) is 5.95 Å². The van der Waals surface area contributed by atoms with Crippen LogP contribution in [0.15, 0.2) is 36.7 Å². The molecule has 1 aromatic carbocycles. The third-order valence-electron chi connectivity index (χ3n) is 4.85. The zero-order valence-electron chi connectivity index (χ0n) is 16.5. The van der Waals surface area contributed by atoms with E-state index < -0.39 is 0 Å². The van der Waals surface area contributed by atoms with E-state index in [9.17, 15) is 0 Å². The van der Waals surface area contributed by atoms with Crippen LogP contribution in [-0.4, -0.2) is 42.8 Å². The first-order chi connectivity index (χ1) is 13.1. The SMILES string of the molecule is COc1ccc(OC[C@H](C)NCc2cnc(N3CCC[C@H](C)C3)nc2)cc1. The van der Waals surface area contributed by atoms with E-state index in [1.807, 2.05) is 36.7 Å². The summed E-state index contributed by atoms with van der Waals surface area (Å²) in [5.41, 5.74) is 1.08. The minimum absolute atomic E-state index is 0.217. The molecule has 1 aromatic heterocycles. The van der Waals surface area contributed by atoms with Crippen LogP contribution in [0.3, 0.4) is 0 Å². The highest BCUT2D eigenvalue weighted by molar-refractivity contribution is 5.31. The molecule has 146 valence electrons. The van der Waals surface area contributed by atoms with Crippen LogP contribution in [0.25, 0.3) is 0 Å². The van der Waals surface area contributed by atoms with E-state index in [1.54, 1.807) is 7.11 Å². The second-order valence-corrected chi connectivity index (χ2v) is 7.35. The molecular formula is C21H30N4O2. The van der Waals surface area contributed by atoms with Gasteiger partial charge in [0, 0.05) is 43.6 Å². The number of rotatable bonds is 8. The average Bonchev–Trinajstić information content (AvgIpc) is 2.71. The molecule has 0 saturated carbocycles. The highest BCUT2D eigenvalue weighted by atomic mass is 16.5. The van der Waals surface area contributed by atoms with Gasteiger partial charge >= 0.3 is 0 Å². The van der Waals surface area contributed by atoms with Gasteiger partial charge in [-0.25, -0.2) is 9.97 Å². The summed E-state index contributed by atoms with van der Waals surface area (Å²) in [7, 11) is 1.66. The van der Waals surface area contributed by atoms with Crippen molar-refractivity contribution in [3.05, 3.63) is 42.2 Å². The van der Waals surface area contributed by atoms with Crippen LogP contribution in [0.1, 0.15) is 32.3 Å². The maximum absolute atomic E-state index is 5.81. The molecule has 6 heteroatoms. The van der Waals surface area contributed by atoms with Gasteiger partial charge in [0.1, 0.15) is 18.1 Å². The second kappa shape index (κ2) is 9.55. The minimum atomic E-state index is 0.217. The number of ether oxygens (including phenoxy) is 2. The fourth-order valence-corrected chi connectivity index (χ4v) is 3.22. The molecule has 0 spiro atoms. The van der Waals surface area contributed by atoms with Crippen molar-refractivity contribution in [2.24, 2.45) is 5.92 Å². The third kappa shape index (κ3) is 5.82. The molecule has 0 radical (unpaired) electrons. The van der Waals surface area contributed by atoms with Gasteiger partial charge in [-0.15, -0.1) is 0 Å². The monoisotopic (exact) mass is 370 g/mol. The molecule has 0 unspecified atom stereocenters. The Morgan fingerprint density at radius 2 is 1.89 bits per heavy atom. The molecule has 27 heavy (non-hydrogen) atoms. The first-order valence-corrected chi connectivity index (χ1v) is 9.70. The highest BCUT2D eigenvalue weighted by Crippen LogP contribution is 2.19. The van der Waals surface area contributed by atoms with Crippen LogP contribution in [0, 0.1) is 5.92 Å². The van der Waals surface area contributed by atoms with Gasteiger partial charge in [0.05, 0.1) is 7.11 Å². The number of anilines is 1.